The van der Waals surface area contributed by atoms with E-state index in [2.05, 4.69) is 34.4 Å². The number of thiazole rings is 1. The lowest BCUT2D eigenvalue weighted by Gasteiger charge is -2.50. The zero-order valence-corrected chi connectivity index (χ0v) is 22.6. The third-order valence-corrected chi connectivity index (χ3v) is 7.40. The van der Waals surface area contributed by atoms with Crippen LogP contribution in [0.15, 0.2) is 41.9 Å². The molecular weight excluding hydrogens is 514 g/mol. The van der Waals surface area contributed by atoms with E-state index in [9.17, 15) is 14.4 Å². The van der Waals surface area contributed by atoms with Gasteiger partial charge >= 0.3 is 5.97 Å². The van der Waals surface area contributed by atoms with Crippen molar-refractivity contribution in [2.45, 2.75) is 32.1 Å². The van der Waals surface area contributed by atoms with Crippen molar-refractivity contribution in [3.8, 4) is 0 Å². The van der Waals surface area contributed by atoms with Gasteiger partial charge in [-0.15, -0.1) is 11.3 Å². The molecule has 0 spiro atoms. The lowest BCUT2D eigenvalue weighted by atomic mass is 9.70. The smallest absolute Gasteiger partial charge is 0.357 e. The van der Waals surface area contributed by atoms with Crippen LogP contribution in [0.25, 0.3) is 0 Å². The highest BCUT2D eigenvalue weighted by Gasteiger charge is 2.52. The summed E-state index contributed by atoms with van der Waals surface area (Å²) in [5.74, 6) is -0.950. The van der Waals surface area contributed by atoms with Gasteiger partial charge in [0.1, 0.15) is 10.6 Å². The highest BCUT2D eigenvalue weighted by atomic mass is 35.5. The van der Waals surface area contributed by atoms with E-state index in [1.807, 2.05) is 29.2 Å². The predicted octanol–water partition coefficient (Wildman–Crippen LogP) is 4.25. The Bertz CT molecular complexity index is 1340. The van der Waals surface area contributed by atoms with E-state index in [0.717, 1.165) is 11.1 Å². The summed E-state index contributed by atoms with van der Waals surface area (Å²) >= 11 is 7.34. The molecule has 3 heterocycles. The zero-order valence-electron chi connectivity index (χ0n) is 21.0. The number of nitrogens with zero attached hydrogens (tertiary/aromatic N) is 3. The first-order valence-electron chi connectivity index (χ1n) is 11.9. The number of nitrogens with one attached hydrogen (secondary N) is 2. The molecule has 2 amide bonds. The molecule has 1 fully saturated rings. The number of benzene rings is 1. The second-order valence-electron chi connectivity index (χ2n) is 9.00. The van der Waals surface area contributed by atoms with Crippen LogP contribution in [0, 0.1) is 0 Å². The number of pyridine rings is 1. The summed E-state index contributed by atoms with van der Waals surface area (Å²) in [4.78, 5) is 49.0. The fourth-order valence-electron chi connectivity index (χ4n) is 4.42. The van der Waals surface area contributed by atoms with Gasteiger partial charge in [0.05, 0.1) is 24.1 Å². The fraction of sp³-hybridized carbons (Fsp3) is 0.346. The molecule has 0 radical (unpaired) electrons. The number of rotatable bonds is 8. The molecule has 1 saturated heterocycles. The third kappa shape index (κ3) is 5.17. The van der Waals surface area contributed by atoms with Crippen molar-refractivity contribution in [1.29, 1.82) is 0 Å². The molecule has 0 saturated carbocycles. The minimum Gasteiger partial charge on any atom is -0.461 e. The summed E-state index contributed by atoms with van der Waals surface area (Å²) in [6, 6.07) is 9.29. The van der Waals surface area contributed by atoms with Crippen LogP contribution in [0.5, 0.6) is 0 Å². The number of esters is 1. The van der Waals surface area contributed by atoms with Gasteiger partial charge in [0.2, 0.25) is 5.91 Å². The Morgan fingerprint density at radius 2 is 1.97 bits per heavy atom. The van der Waals surface area contributed by atoms with Crippen LogP contribution in [0.2, 0.25) is 5.15 Å². The Kier molecular flexibility index (Phi) is 7.79. The van der Waals surface area contributed by atoms with Crippen LogP contribution in [0.1, 0.15) is 58.7 Å². The molecule has 0 bridgehead atoms. The first kappa shape index (κ1) is 26.6. The van der Waals surface area contributed by atoms with Gasteiger partial charge < -0.3 is 20.3 Å². The molecule has 0 atom stereocenters. The van der Waals surface area contributed by atoms with Gasteiger partial charge in [-0.2, -0.15) is 0 Å². The topological polar surface area (TPSA) is 114 Å². The van der Waals surface area contributed by atoms with Crippen LogP contribution >= 0.6 is 22.9 Å². The summed E-state index contributed by atoms with van der Waals surface area (Å²) < 4.78 is 5.05. The summed E-state index contributed by atoms with van der Waals surface area (Å²) in [5, 5.41) is 7.93. The summed E-state index contributed by atoms with van der Waals surface area (Å²) in [6.45, 7) is 6.86. The SMILES string of the molecule is CCOC(=O)c1csc(N2CC(C(=O)Nc3cnc(Cl)cc3C(=O)NC)(c3ccccc3C(C)C)C2)n1. The van der Waals surface area contributed by atoms with Crippen molar-refractivity contribution >= 4 is 51.5 Å². The summed E-state index contributed by atoms with van der Waals surface area (Å²) in [7, 11) is 1.50. The van der Waals surface area contributed by atoms with E-state index in [4.69, 9.17) is 16.3 Å². The van der Waals surface area contributed by atoms with Gasteiger partial charge in [-0.1, -0.05) is 49.7 Å². The van der Waals surface area contributed by atoms with E-state index in [0.29, 0.717) is 18.2 Å². The molecular formula is C26H28ClN5O4S. The Labute approximate surface area is 224 Å². The van der Waals surface area contributed by atoms with Gasteiger partial charge in [0.15, 0.2) is 10.8 Å². The summed E-state index contributed by atoms with van der Waals surface area (Å²) in [5.41, 5.74) is 1.78. The monoisotopic (exact) mass is 541 g/mol. The van der Waals surface area contributed by atoms with E-state index in [1.165, 1.54) is 30.6 Å². The quantitative estimate of drug-likeness (QED) is 0.324. The van der Waals surface area contributed by atoms with E-state index in [-0.39, 0.29) is 46.4 Å². The van der Waals surface area contributed by atoms with Crippen LogP contribution in [-0.2, 0) is 14.9 Å². The number of halogens is 1. The molecule has 1 aliphatic heterocycles. The number of hydrogen-bond donors (Lipinski definition) is 2. The maximum absolute atomic E-state index is 14.0. The van der Waals surface area contributed by atoms with Gasteiger partial charge in [-0.05, 0) is 30.0 Å². The Balaban J connectivity index is 1.69. The number of hydrogen-bond acceptors (Lipinski definition) is 8. The van der Waals surface area contributed by atoms with E-state index in [1.54, 1.807) is 12.3 Å². The van der Waals surface area contributed by atoms with Crippen LogP contribution in [0.3, 0.4) is 0 Å². The number of ether oxygens (including phenoxy) is 1. The molecule has 0 aliphatic carbocycles. The van der Waals surface area contributed by atoms with Crippen molar-refractivity contribution in [1.82, 2.24) is 15.3 Å². The summed E-state index contributed by atoms with van der Waals surface area (Å²) in [6.07, 6.45) is 1.38. The van der Waals surface area contributed by atoms with Gasteiger partial charge in [0.25, 0.3) is 5.91 Å². The van der Waals surface area contributed by atoms with E-state index < -0.39 is 11.4 Å². The van der Waals surface area contributed by atoms with Crippen LogP contribution in [-0.4, -0.2) is 54.5 Å². The molecule has 4 rings (SSSR count). The zero-order chi connectivity index (χ0) is 26.7. The molecule has 194 valence electrons. The van der Waals surface area contributed by atoms with Crippen molar-refractivity contribution in [2.24, 2.45) is 0 Å². The average Bonchev–Trinajstić information content (AvgIpc) is 3.34. The molecule has 2 aromatic heterocycles. The second-order valence-corrected chi connectivity index (χ2v) is 10.2. The molecule has 3 aromatic rings. The highest BCUT2D eigenvalue weighted by molar-refractivity contribution is 7.14. The lowest BCUT2D eigenvalue weighted by molar-refractivity contribution is -0.122. The number of anilines is 2. The molecule has 9 nitrogen and oxygen atoms in total. The number of aromatic nitrogens is 2. The van der Waals surface area contributed by atoms with Gasteiger partial charge in [0, 0.05) is 25.5 Å². The van der Waals surface area contributed by atoms with E-state index >= 15 is 0 Å². The minimum absolute atomic E-state index is 0.146. The van der Waals surface area contributed by atoms with Crippen molar-refractivity contribution in [3.63, 3.8) is 0 Å². The molecule has 2 N–H and O–H groups in total. The largest absolute Gasteiger partial charge is 0.461 e. The molecule has 1 aromatic carbocycles. The van der Waals surface area contributed by atoms with Gasteiger partial charge in [-0.3, -0.25) is 9.59 Å². The van der Waals surface area contributed by atoms with Crippen molar-refractivity contribution < 1.29 is 19.1 Å². The molecule has 0 unspecified atom stereocenters. The first-order valence-corrected chi connectivity index (χ1v) is 13.1. The number of carbonyl (C=O) groups is 3. The van der Waals surface area contributed by atoms with Gasteiger partial charge in [-0.25, -0.2) is 14.8 Å². The van der Waals surface area contributed by atoms with Crippen LogP contribution < -0.4 is 15.5 Å². The molecule has 11 heteroatoms. The predicted molar refractivity (Wildman–Crippen MR) is 144 cm³/mol. The number of carbonyl (C=O) groups excluding carboxylic acids is 3. The lowest BCUT2D eigenvalue weighted by Crippen LogP contribution is -2.65. The maximum Gasteiger partial charge on any atom is 0.357 e. The Hall–Kier alpha value is -3.50. The highest BCUT2D eigenvalue weighted by Crippen LogP contribution is 2.42. The fourth-order valence-corrected chi connectivity index (χ4v) is 5.37. The normalized spacial score (nSPS) is 14.2. The minimum atomic E-state index is -0.920. The Morgan fingerprint density at radius 3 is 2.65 bits per heavy atom. The third-order valence-electron chi connectivity index (χ3n) is 6.29. The first-order chi connectivity index (χ1) is 17.7. The maximum atomic E-state index is 14.0. The molecule has 37 heavy (non-hydrogen) atoms. The van der Waals surface area contributed by atoms with Crippen molar-refractivity contribution in [3.05, 3.63) is 69.4 Å². The second kappa shape index (κ2) is 10.9. The molecule has 1 aliphatic rings. The van der Waals surface area contributed by atoms with Crippen molar-refractivity contribution in [2.75, 3.05) is 37.0 Å². The Morgan fingerprint density at radius 1 is 1.24 bits per heavy atom. The average molecular weight is 542 g/mol. The number of amides is 2. The van der Waals surface area contributed by atoms with Crippen LogP contribution in [0.4, 0.5) is 10.8 Å². The standard InChI is InChI=1S/C26H28ClN5O4S/c1-5-36-23(34)20-12-37-25(31-20)32-13-26(14-32,18-9-7-6-8-16(18)15(2)3)24(35)30-19-11-29-21(27)10-17(19)22(33)28-4/h6-12,15H,5,13-14H2,1-4H3,(H,28,33)(H,30,35).